The molecule has 3 rings (SSSR count). The second-order valence-corrected chi connectivity index (χ2v) is 6.39. The van der Waals surface area contributed by atoms with Gasteiger partial charge in [0.05, 0.1) is 30.2 Å². The van der Waals surface area contributed by atoms with E-state index in [0.29, 0.717) is 27.3 Å². The number of anilines is 1. The zero-order valence-corrected chi connectivity index (χ0v) is 14.9. The average Bonchev–Trinajstić information content (AvgIpc) is 3.09. The van der Waals surface area contributed by atoms with E-state index in [2.05, 4.69) is 20.0 Å². The highest BCUT2D eigenvalue weighted by molar-refractivity contribution is 7.12. The fourth-order valence-corrected chi connectivity index (χ4v) is 3.14. The zero-order chi connectivity index (χ0) is 18.7. The second kappa shape index (κ2) is 7.36. The van der Waals surface area contributed by atoms with Crippen molar-refractivity contribution in [2.24, 2.45) is 0 Å². The Morgan fingerprint density at radius 3 is 2.85 bits per heavy atom. The Kier molecular flexibility index (Phi) is 4.99. The molecule has 3 aromatic rings. The number of fused-ring (bicyclic) bond motifs is 1. The van der Waals surface area contributed by atoms with Crippen molar-refractivity contribution < 1.29 is 14.3 Å². The number of thiophene rings is 1. The van der Waals surface area contributed by atoms with Crippen molar-refractivity contribution in [1.82, 2.24) is 14.9 Å². The highest BCUT2D eigenvalue weighted by atomic mass is 32.1. The van der Waals surface area contributed by atoms with E-state index < -0.39 is 12.0 Å². The van der Waals surface area contributed by atoms with Crippen LogP contribution >= 0.6 is 11.3 Å². The predicted octanol–water partition coefficient (Wildman–Crippen LogP) is 2.44. The lowest BCUT2D eigenvalue weighted by Crippen LogP contribution is -2.32. The molecular formula is C17H16N4O4S. The highest BCUT2D eigenvalue weighted by Gasteiger charge is 2.18. The molecule has 134 valence electrons. The minimum absolute atomic E-state index is 0.101. The highest BCUT2D eigenvalue weighted by Crippen LogP contribution is 2.23. The molecule has 2 heterocycles. The van der Waals surface area contributed by atoms with Gasteiger partial charge in [-0.15, -0.1) is 11.3 Å². The van der Waals surface area contributed by atoms with Gasteiger partial charge in [-0.3, -0.25) is 4.79 Å². The summed E-state index contributed by atoms with van der Waals surface area (Å²) >= 11 is 1.18. The van der Waals surface area contributed by atoms with Gasteiger partial charge in [-0.25, -0.2) is 14.6 Å². The van der Waals surface area contributed by atoms with Crippen LogP contribution in [0.1, 0.15) is 15.5 Å². The molecule has 0 saturated carbocycles. The minimum Gasteiger partial charge on any atom is -0.465 e. The van der Waals surface area contributed by atoms with Crippen LogP contribution in [0.5, 0.6) is 0 Å². The summed E-state index contributed by atoms with van der Waals surface area (Å²) in [6.45, 7) is 0.101. The normalized spacial score (nSPS) is 10.5. The Morgan fingerprint density at radius 1 is 1.31 bits per heavy atom. The number of carbonyl (C=O) groups is 2. The third-order valence-electron chi connectivity index (χ3n) is 3.67. The van der Waals surface area contributed by atoms with E-state index in [-0.39, 0.29) is 12.1 Å². The third-order valence-corrected chi connectivity index (χ3v) is 4.57. The van der Waals surface area contributed by atoms with E-state index in [4.69, 9.17) is 0 Å². The number of benzene rings is 1. The number of urea groups is 1. The maximum Gasteiger partial charge on any atom is 0.350 e. The first-order chi connectivity index (χ1) is 12.5. The van der Waals surface area contributed by atoms with Crippen LogP contribution in [0.2, 0.25) is 0 Å². The van der Waals surface area contributed by atoms with E-state index >= 15 is 0 Å². The van der Waals surface area contributed by atoms with E-state index in [9.17, 15) is 14.4 Å². The molecule has 0 aliphatic rings. The van der Waals surface area contributed by atoms with Crippen molar-refractivity contribution in [2.75, 3.05) is 19.5 Å². The molecule has 0 unspecified atom stereocenters. The number of carbonyl (C=O) groups excluding carboxylic acids is 2. The van der Waals surface area contributed by atoms with Crippen molar-refractivity contribution in [3.05, 3.63) is 56.8 Å². The Bertz CT molecular complexity index is 1030. The van der Waals surface area contributed by atoms with Crippen LogP contribution < -0.4 is 10.9 Å². The van der Waals surface area contributed by atoms with Gasteiger partial charge in [0, 0.05) is 7.05 Å². The van der Waals surface area contributed by atoms with E-state index in [0.717, 1.165) is 0 Å². The van der Waals surface area contributed by atoms with Crippen LogP contribution in [-0.2, 0) is 11.3 Å². The zero-order valence-electron chi connectivity index (χ0n) is 14.1. The number of esters is 1. The minimum atomic E-state index is -0.515. The SMILES string of the molecule is COC(=O)c1sccc1NC(=O)N(C)Cc1nc2ccccc2c(=O)[nH]1. The molecule has 8 nitrogen and oxygen atoms in total. The lowest BCUT2D eigenvalue weighted by molar-refractivity contribution is 0.0607. The summed E-state index contributed by atoms with van der Waals surface area (Å²) in [6.07, 6.45) is 0. The smallest absolute Gasteiger partial charge is 0.350 e. The van der Waals surface area contributed by atoms with Crippen molar-refractivity contribution in [1.29, 1.82) is 0 Å². The van der Waals surface area contributed by atoms with Gasteiger partial charge in [-0.1, -0.05) is 12.1 Å². The van der Waals surface area contributed by atoms with Crippen LogP contribution in [0.4, 0.5) is 10.5 Å². The van der Waals surface area contributed by atoms with Crippen LogP contribution in [0.25, 0.3) is 10.9 Å². The first-order valence-electron chi connectivity index (χ1n) is 7.65. The largest absolute Gasteiger partial charge is 0.465 e. The van der Waals surface area contributed by atoms with Gasteiger partial charge in [-0.05, 0) is 23.6 Å². The number of amides is 2. The summed E-state index contributed by atoms with van der Waals surface area (Å²) < 4.78 is 4.68. The predicted molar refractivity (Wildman–Crippen MR) is 98.5 cm³/mol. The maximum absolute atomic E-state index is 12.4. The topological polar surface area (TPSA) is 104 Å². The first kappa shape index (κ1) is 17.6. The molecule has 9 heteroatoms. The summed E-state index contributed by atoms with van der Waals surface area (Å²) in [5.41, 5.74) is 0.676. The molecule has 2 amide bonds. The molecule has 0 spiro atoms. The van der Waals surface area contributed by atoms with Crippen LogP contribution in [-0.4, -0.2) is 41.0 Å². The van der Waals surface area contributed by atoms with Gasteiger partial charge >= 0.3 is 12.0 Å². The monoisotopic (exact) mass is 372 g/mol. The Labute approximate surface area is 152 Å². The fourth-order valence-electron chi connectivity index (χ4n) is 2.38. The molecule has 0 fully saturated rings. The average molecular weight is 372 g/mol. The number of ether oxygens (including phenoxy) is 1. The molecule has 0 bridgehead atoms. The van der Waals surface area contributed by atoms with E-state index in [1.54, 1.807) is 42.8 Å². The number of aromatic amines is 1. The van der Waals surface area contributed by atoms with Crippen LogP contribution in [0.3, 0.4) is 0 Å². The van der Waals surface area contributed by atoms with Gasteiger partial charge in [0.15, 0.2) is 0 Å². The maximum atomic E-state index is 12.4. The number of hydrogen-bond donors (Lipinski definition) is 2. The van der Waals surface area contributed by atoms with Gasteiger partial charge in [0.1, 0.15) is 10.7 Å². The number of methoxy groups -OCH3 is 1. The fraction of sp³-hybridized carbons (Fsp3) is 0.176. The van der Waals surface area contributed by atoms with Crippen molar-refractivity contribution >= 4 is 39.9 Å². The van der Waals surface area contributed by atoms with Gasteiger partial charge < -0.3 is 19.9 Å². The van der Waals surface area contributed by atoms with Crippen molar-refractivity contribution in [3.8, 4) is 0 Å². The number of H-pyrrole nitrogens is 1. The molecule has 2 aromatic heterocycles. The molecule has 0 aliphatic carbocycles. The summed E-state index contributed by atoms with van der Waals surface area (Å²) in [4.78, 5) is 44.8. The molecule has 26 heavy (non-hydrogen) atoms. The first-order valence-corrected chi connectivity index (χ1v) is 8.53. The van der Waals surface area contributed by atoms with Gasteiger partial charge in [0.25, 0.3) is 5.56 Å². The summed E-state index contributed by atoms with van der Waals surface area (Å²) in [6, 6.07) is 8.16. The molecule has 0 saturated heterocycles. The molecule has 2 N–H and O–H groups in total. The van der Waals surface area contributed by atoms with Crippen molar-refractivity contribution in [2.45, 2.75) is 6.54 Å². The van der Waals surface area contributed by atoms with Gasteiger partial charge in [0.2, 0.25) is 0 Å². The molecular weight excluding hydrogens is 356 g/mol. The van der Waals surface area contributed by atoms with E-state index in [1.807, 2.05) is 0 Å². The standard InChI is InChI=1S/C17H16N4O4S/c1-21(17(24)19-12-7-8-26-14(12)16(23)25-2)9-13-18-11-6-4-3-5-10(11)15(22)20-13/h3-8H,9H2,1-2H3,(H,19,24)(H,18,20,22). The quantitative estimate of drug-likeness (QED) is 0.685. The Hall–Kier alpha value is -3.20. The summed E-state index contributed by atoms with van der Waals surface area (Å²) in [5, 5.41) is 4.83. The number of nitrogens with zero attached hydrogens (tertiary/aromatic N) is 2. The van der Waals surface area contributed by atoms with Crippen LogP contribution in [0, 0.1) is 0 Å². The van der Waals surface area contributed by atoms with Crippen molar-refractivity contribution in [3.63, 3.8) is 0 Å². The lowest BCUT2D eigenvalue weighted by Gasteiger charge is -2.17. The molecule has 0 radical (unpaired) electrons. The summed E-state index contributed by atoms with van der Waals surface area (Å²) in [5.74, 6) is -0.150. The third kappa shape index (κ3) is 3.57. The number of hydrogen-bond acceptors (Lipinski definition) is 6. The Morgan fingerprint density at radius 2 is 2.08 bits per heavy atom. The van der Waals surface area contributed by atoms with Gasteiger partial charge in [-0.2, -0.15) is 0 Å². The van der Waals surface area contributed by atoms with Crippen LogP contribution in [0.15, 0.2) is 40.5 Å². The summed E-state index contributed by atoms with van der Waals surface area (Å²) in [7, 11) is 2.84. The molecule has 0 atom stereocenters. The Balaban J connectivity index is 1.75. The number of rotatable bonds is 4. The lowest BCUT2D eigenvalue weighted by atomic mass is 10.2. The number of nitrogens with one attached hydrogen (secondary N) is 2. The number of para-hydroxylation sites is 1. The van der Waals surface area contributed by atoms with E-state index in [1.165, 1.54) is 23.3 Å². The second-order valence-electron chi connectivity index (χ2n) is 5.47. The number of aromatic nitrogens is 2. The molecule has 0 aliphatic heterocycles. The molecule has 1 aromatic carbocycles.